The third kappa shape index (κ3) is 5.57. The zero-order valence-electron chi connectivity index (χ0n) is 20.6. The SMILES string of the molecule is O=C1NC(O)/C(=C/c2ccnc(NC3CCC(NCc4cccnc4-c4cc5ccccc5o4)CC3)n2)S1. The number of furan rings is 1. The molecule has 4 N–H and O–H groups in total. The number of carbonyl (C=O) groups excluding carboxylic acids is 1. The topological polar surface area (TPSA) is 125 Å². The Morgan fingerprint density at radius 1 is 1.05 bits per heavy atom. The van der Waals surface area contributed by atoms with Crippen molar-refractivity contribution in [3.05, 3.63) is 77.1 Å². The number of amides is 1. The molecule has 0 radical (unpaired) electrons. The van der Waals surface area contributed by atoms with Crippen molar-refractivity contribution >= 4 is 40.0 Å². The van der Waals surface area contributed by atoms with Crippen LogP contribution in [0.25, 0.3) is 28.5 Å². The Kier molecular flexibility index (Phi) is 7.08. The lowest BCUT2D eigenvalue weighted by atomic mass is 9.91. The van der Waals surface area contributed by atoms with E-state index in [9.17, 15) is 9.90 Å². The van der Waals surface area contributed by atoms with Gasteiger partial charge in [0.1, 0.15) is 11.3 Å². The monoisotopic (exact) mass is 528 g/mol. The van der Waals surface area contributed by atoms with Gasteiger partial charge in [0.2, 0.25) is 5.95 Å². The van der Waals surface area contributed by atoms with Gasteiger partial charge in [-0.05, 0) is 73.4 Å². The van der Waals surface area contributed by atoms with Crippen LogP contribution in [0.5, 0.6) is 0 Å². The Labute approximate surface area is 224 Å². The number of fused-ring (bicyclic) bond motifs is 1. The fourth-order valence-corrected chi connectivity index (χ4v) is 5.67. The maximum absolute atomic E-state index is 11.4. The second-order valence-corrected chi connectivity index (χ2v) is 10.6. The minimum Gasteiger partial charge on any atom is -0.454 e. The van der Waals surface area contributed by atoms with Crippen LogP contribution in [0.15, 0.2) is 70.2 Å². The highest BCUT2D eigenvalue weighted by Gasteiger charge is 2.26. The molecule has 1 amide bonds. The summed E-state index contributed by atoms with van der Waals surface area (Å²) in [6.45, 7) is 0.726. The highest BCUT2D eigenvalue weighted by Crippen LogP contribution is 2.30. The Bertz CT molecular complexity index is 1450. The molecule has 3 aromatic heterocycles. The highest BCUT2D eigenvalue weighted by atomic mass is 32.2. The molecule has 1 aliphatic heterocycles. The van der Waals surface area contributed by atoms with Gasteiger partial charge in [-0.15, -0.1) is 0 Å². The number of anilines is 1. The molecule has 10 heteroatoms. The molecule has 4 heterocycles. The van der Waals surface area contributed by atoms with E-state index in [1.165, 1.54) is 0 Å². The maximum Gasteiger partial charge on any atom is 0.285 e. The minimum absolute atomic E-state index is 0.268. The number of aliphatic hydroxyl groups excluding tert-OH is 1. The van der Waals surface area contributed by atoms with Crippen molar-refractivity contribution in [3.63, 3.8) is 0 Å². The van der Waals surface area contributed by atoms with Crippen LogP contribution in [0.2, 0.25) is 0 Å². The van der Waals surface area contributed by atoms with Gasteiger partial charge in [-0.1, -0.05) is 24.3 Å². The molecular formula is C28H28N6O3S. The van der Waals surface area contributed by atoms with Gasteiger partial charge in [-0.3, -0.25) is 9.78 Å². The summed E-state index contributed by atoms with van der Waals surface area (Å²) in [7, 11) is 0. The fourth-order valence-electron chi connectivity index (χ4n) is 4.93. The molecule has 1 aliphatic carbocycles. The number of aromatic nitrogens is 3. The molecule has 2 aliphatic rings. The van der Waals surface area contributed by atoms with Crippen LogP contribution >= 0.6 is 11.8 Å². The number of pyridine rings is 1. The minimum atomic E-state index is -0.983. The first-order valence-electron chi connectivity index (χ1n) is 12.7. The molecule has 0 spiro atoms. The lowest BCUT2D eigenvalue weighted by Crippen LogP contribution is -2.37. The first kappa shape index (κ1) is 24.6. The van der Waals surface area contributed by atoms with Crippen molar-refractivity contribution in [3.8, 4) is 11.5 Å². The highest BCUT2D eigenvalue weighted by molar-refractivity contribution is 8.17. The van der Waals surface area contributed by atoms with Crippen LogP contribution in [0, 0.1) is 0 Å². The van der Waals surface area contributed by atoms with Crippen molar-refractivity contribution in [2.24, 2.45) is 0 Å². The van der Waals surface area contributed by atoms with Gasteiger partial charge in [0.15, 0.2) is 12.0 Å². The summed E-state index contributed by atoms with van der Waals surface area (Å²) in [5, 5.41) is 20.3. The zero-order chi connectivity index (χ0) is 25.9. The smallest absolute Gasteiger partial charge is 0.285 e. The Morgan fingerprint density at radius 2 is 1.89 bits per heavy atom. The second kappa shape index (κ2) is 10.9. The molecule has 0 bridgehead atoms. The summed E-state index contributed by atoms with van der Waals surface area (Å²) in [4.78, 5) is 25.5. The van der Waals surface area contributed by atoms with Gasteiger partial charge >= 0.3 is 0 Å². The van der Waals surface area contributed by atoms with Gasteiger partial charge < -0.3 is 25.5 Å². The number of hydrogen-bond donors (Lipinski definition) is 4. The lowest BCUT2D eigenvalue weighted by molar-refractivity contribution is 0.192. The normalized spacial score (nSPS) is 22.6. The standard InChI is InChI=1S/C28H28N6O3S/c35-26-24(38-28(36)34-26)15-21-11-13-30-27(33-21)32-20-9-7-19(8-10-20)31-16-18-5-3-12-29-25(18)23-14-17-4-1-2-6-22(17)37-23/h1-6,11-15,19-20,26,31,35H,7-10,16H2,(H,34,36)(H,30,32,33)/b24-15-. The van der Waals surface area contributed by atoms with Crippen molar-refractivity contribution in [1.29, 1.82) is 0 Å². The van der Waals surface area contributed by atoms with E-state index >= 15 is 0 Å². The summed E-state index contributed by atoms with van der Waals surface area (Å²) in [5.74, 6) is 1.34. The number of para-hydroxylation sites is 1. The molecule has 1 saturated carbocycles. The van der Waals surface area contributed by atoms with Gasteiger partial charge in [-0.25, -0.2) is 9.97 Å². The van der Waals surface area contributed by atoms with E-state index in [1.54, 1.807) is 18.3 Å². The van der Waals surface area contributed by atoms with Gasteiger partial charge in [0.25, 0.3) is 5.24 Å². The van der Waals surface area contributed by atoms with Crippen LogP contribution in [0.1, 0.15) is 36.9 Å². The van der Waals surface area contributed by atoms with E-state index in [0.717, 1.165) is 72.0 Å². The molecule has 4 aromatic rings. The van der Waals surface area contributed by atoms with Gasteiger partial charge in [0.05, 0.1) is 5.69 Å². The molecular weight excluding hydrogens is 500 g/mol. The zero-order valence-corrected chi connectivity index (χ0v) is 21.4. The fraction of sp³-hybridized carbons (Fsp3) is 0.286. The van der Waals surface area contributed by atoms with E-state index < -0.39 is 6.23 Å². The van der Waals surface area contributed by atoms with Crippen molar-refractivity contribution in [2.75, 3.05) is 5.32 Å². The summed E-state index contributed by atoms with van der Waals surface area (Å²) in [6, 6.07) is 16.6. The molecule has 1 unspecified atom stereocenters. The van der Waals surface area contributed by atoms with E-state index in [-0.39, 0.29) is 11.3 Å². The summed E-state index contributed by atoms with van der Waals surface area (Å²) in [5.41, 5.74) is 3.51. The lowest BCUT2D eigenvalue weighted by Gasteiger charge is -2.30. The molecule has 9 nitrogen and oxygen atoms in total. The van der Waals surface area contributed by atoms with E-state index in [4.69, 9.17) is 4.42 Å². The molecule has 1 atom stereocenters. The summed E-state index contributed by atoms with van der Waals surface area (Å²) < 4.78 is 6.07. The van der Waals surface area contributed by atoms with Crippen LogP contribution in [-0.2, 0) is 6.54 Å². The number of benzene rings is 1. The molecule has 1 aromatic carbocycles. The van der Waals surface area contributed by atoms with Crippen molar-refractivity contribution in [2.45, 2.75) is 50.5 Å². The van der Waals surface area contributed by atoms with Crippen molar-refractivity contribution in [1.82, 2.24) is 25.6 Å². The van der Waals surface area contributed by atoms with Crippen LogP contribution in [0.3, 0.4) is 0 Å². The Hall–Kier alpha value is -3.73. The third-order valence-electron chi connectivity index (χ3n) is 6.89. The average Bonchev–Trinajstić information content (AvgIpc) is 3.50. The number of aliphatic hydroxyl groups is 1. The van der Waals surface area contributed by atoms with E-state index in [2.05, 4.69) is 43.0 Å². The Balaban J connectivity index is 1.03. The summed E-state index contributed by atoms with van der Waals surface area (Å²) in [6.07, 6.45) is 8.30. The third-order valence-corrected chi connectivity index (χ3v) is 7.77. The van der Waals surface area contributed by atoms with Gasteiger partial charge in [0, 0.05) is 41.3 Å². The quantitative estimate of drug-likeness (QED) is 0.265. The molecule has 194 valence electrons. The number of hydrogen-bond acceptors (Lipinski definition) is 9. The van der Waals surface area contributed by atoms with Gasteiger partial charge in [-0.2, -0.15) is 0 Å². The van der Waals surface area contributed by atoms with Crippen LogP contribution in [-0.4, -0.2) is 43.6 Å². The number of carbonyl (C=O) groups is 1. The van der Waals surface area contributed by atoms with E-state index in [0.29, 0.717) is 22.6 Å². The van der Waals surface area contributed by atoms with Crippen molar-refractivity contribution < 1.29 is 14.3 Å². The predicted octanol–water partition coefficient (Wildman–Crippen LogP) is 4.91. The van der Waals surface area contributed by atoms with E-state index in [1.807, 2.05) is 36.5 Å². The predicted molar refractivity (Wildman–Crippen MR) is 148 cm³/mol. The number of nitrogens with zero attached hydrogens (tertiary/aromatic N) is 3. The first-order valence-corrected chi connectivity index (χ1v) is 13.6. The number of thioether (sulfide) groups is 1. The molecule has 2 fully saturated rings. The molecule has 1 saturated heterocycles. The van der Waals surface area contributed by atoms with Crippen LogP contribution < -0.4 is 16.0 Å². The maximum atomic E-state index is 11.4. The molecule has 6 rings (SSSR count). The number of nitrogens with one attached hydrogen (secondary N) is 3. The first-order chi connectivity index (χ1) is 18.6. The Morgan fingerprint density at radius 3 is 2.71 bits per heavy atom. The molecule has 38 heavy (non-hydrogen) atoms. The largest absolute Gasteiger partial charge is 0.454 e. The summed E-state index contributed by atoms with van der Waals surface area (Å²) >= 11 is 0.978. The average molecular weight is 529 g/mol. The number of rotatable bonds is 7. The second-order valence-electron chi connectivity index (χ2n) is 9.52. The van der Waals surface area contributed by atoms with Crippen LogP contribution in [0.4, 0.5) is 10.7 Å².